The van der Waals surface area contributed by atoms with Crippen molar-refractivity contribution in [1.29, 1.82) is 0 Å². The van der Waals surface area contributed by atoms with Gasteiger partial charge in [0.1, 0.15) is 12.6 Å². The molecule has 2 N–H and O–H groups in total. The molecule has 2 saturated carbocycles. The van der Waals surface area contributed by atoms with Gasteiger partial charge in [0.05, 0.1) is 0 Å². The van der Waals surface area contributed by atoms with Crippen molar-refractivity contribution in [2.45, 2.75) is 44.8 Å². The number of rotatable bonds is 5. The monoisotopic (exact) mass is 303 g/mol. The molecule has 0 heterocycles. The average Bonchev–Trinajstić information content (AvgIpc) is 2.42. The van der Waals surface area contributed by atoms with Crippen molar-refractivity contribution in [3.8, 4) is 0 Å². The number of aliphatic carboxylic acids is 1. The third-order valence-electron chi connectivity index (χ3n) is 5.03. The Morgan fingerprint density at radius 1 is 1.27 bits per heavy atom. The lowest BCUT2D eigenvalue weighted by molar-refractivity contribution is -0.145. The Bertz CT molecular complexity index is 545. The number of ether oxygens (including phenoxy) is 1. The number of hydrogen-bond donors (Lipinski definition) is 2. The minimum Gasteiger partial charge on any atom is -0.480 e. The number of hydrogen-bond acceptors (Lipinski definition) is 3. The van der Waals surface area contributed by atoms with Crippen molar-refractivity contribution in [1.82, 2.24) is 5.32 Å². The largest absolute Gasteiger partial charge is 0.480 e. The van der Waals surface area contributed by atoms with Crippen molar-refractivity contribution in [3.05, 3.63) is 35.9 Å². The molecule has 0 aromatic heterocycles. The first-order valence-electron chi connectivity index (χ1n) is 7.78. The molecule has 0 radical (unpaired) electrons. The maximum atomic E-state index is 11.8. The van der Waals surface area contributed by atoms with Gasteiger partial charge in [-0.1, -0.05) is 36.8 Å². The minimum absolute atomic E-state index is 0.0297. The highest BCUT2D eigenvalue weighted by atomic mass is 16.5. The summed E-state index contributed by atoms with van der Waals surface area (Å²) in [7, 11) is 0. The summed E-state index contributed by atoms with van der Waals surface area (Å²) in [4.78, 5) is 23.2. The summed E-state index contributed by atoms with van der Waals surface area (Å²) in [5.74, 6) is -0.946. The van der Waals surface area contributed by atoms with E-state index in [2.05, 4.69) is 5.32 Å². The molecule has 22 heavy (non-hydrogen) atoms. The zero-order chi connectivity index (χ0) is 15.6. The van der Waals surface area contributed by atoms with Gasteiger partial charge in [0, 0.05) is 0 Å². The van der Waals surface area contributed by atoms with Crippen LogP contribution in [0.3, 0.4) is 0 Å². The Morgan fingerprint density at radius 3 is 2.50 bits per heavy atom. The molecular weight excluding hydrogens is 282 g/mol. The van der Waals surface area contributed by atoms with Crippen LogP contribution in [0.2, 0.25) is 0 Å². The quantitative estimate of drug-likeness (QED) is 0.877. The predicted octanol–water partition coefficient (Wildman–Crippen LogP) is 2.95. The first-order chi connectivity index (χ1) is 10.6. The Labute approximate surface area is 129 Å². The van der Waals surface area contributed by atoms with Crippen LogP contribution < -0.4 is 5.32 Å². The molecule has 2 aliphatic carbocycles. The van der Waals surface area contributed by atoms with Gasteiger partial charge in [0.15, 0.2) is 0 Å². The molecule has 0 bridgehead atoms. The Hall–Kier alpha value is -2.04. The van der Waals surface area contributed by atoms with Crippen LogP contribution in [0.4, 0.5) is 4.79 Å². The van der Waals surface area contributed by atoms with E-state index in [9.17, 15) is 14.7 Å². The Morgan fingerprint density at radius 2 is 1.95 bits per heavy atom. The van der Waals surface area contributed by atoms with E-state index in [0.717, 1.165) is 18.4 Å². The molecule has 118 valence electrons. The summed E-state index contributed by atoms with van der Waals surface area (Å²) in [6.45, 7) is 0.146. The molecule has 3 rings (SSSR count). The molecule has 2 fully saturated rings. The Balaban J connectivity index is 1.48. The van der Waals surface area contributed by atoms with Gasteiger partial charge in [0.25, 0.3) is 0 Å². The molecule has 1 aromatic rings. The highest BCUT2D eigenvalue weighted by molar-refractivity contribution is 5.80. The van der Waals surface area contributed by atoms with E-state index < -0.39 is 18.1 Å². The lowest BCUT2D eigenvalue weighted by Crippen LogP contribution is -2.55. The molecule has 2 aliphatic rings. The number of amides is 1. The van der Waals surface area contributed by atoms with Crippen LogP contribution in [-0.2, 0) is 16.1 Å². The standard InChI is InChI=1S/C17H21NO4/c19-15(20)14(13-9-17(10-13)7-4-8-17)18-16(21)22-11-12-5-2-1-3-6-12/h1-3,5-6,13-14H,4,7-11H2,(H,18,21)(H,19,20)/t14-/m0/s1. The van der Waals surface area contributed by atoms with E-state index in [1.807, 2.05) is 30.3 Å². The summed E-state index contributed by atoms with van der Waals surface area (Å²) in [5, 5.41) is 11.8. The van der Waals surface area contributed by atoms with E-state index in [0.29, 0.717) is 5.41 Å². The maximum absolute atomic E-state index is 11.8. The van der Waals surface area contributed by atoms with E-state index in [4.69, 9.17) is 4.74 Å². The van der Waals surface area contributed by atoms with Crippen LogP contribution in [0, 0.1) is 11.3 Å². The molecule has 5 nitrogen and oxygen atoms in total. The zero-order valence-electron chi connectivity index (χ0n) is 12.5. The second-order valence-corrected chi connectivity index (χ2v) is 6.54. The summed E-state index contributed by atoms with van der Waals surface area (Å²) < 4.78 is 5.11. The fourth-order valence-electron chi connectivity index (χ4n) is 3.65. The number of nitrogens with one attached hydrogen (secondary N) is 1. The normalized spacial score (nSPS) is 20.5. The fourth-order valence-corrected chi connectivity index (χ4v) is 3.65. The third kappa shape index (κ3) is 3.08. The summed E-state index contributed by atoms with van der Waals surface area (Å²) in [5.41, 5.74) is 1.26. The van der Waals surface area contributed by atoms with E-state index in [1.54, 1.807) is 0 Å². The van der Waals surface area contributed by atoms with Crippen molar-refractivity contribution in [3.63, 3.8) is 0 Å². The lowest BCUT2D eigenvalue weighted by atomic mass is 9.50. The van der Waals surface area contributed by atoms with Crippen LogP contribution in [0.25, 0.3) is 0 Å². The van der Waals surface area contributed by atoms with Gasteiger partial charge in [0.2, 0.25) is 0 Å². The number of benzene rings is 1. The molecule has 1 amide bonds. The highest BCUT2D eigenvalue weighted by Crippen LogP contribution is 2.59. The van der Waals surface area contributed by atoms with Crippen LogP contribution in [0.1, 0.15) is 37.7 Å². The second kappa shape index (κ2) is 5.99. The van der Waals surface area contributed by atoms with Gasteiger partial charge in [-0.25, -0.2) is 9.59 Å². The van der Waals surface area contributed by atoms with Gasteiger partial charge < -0.3 is 15.2 Å². The SMILES string of the molecule is O=C(N[C@H](C(=O)O)C1CC2(CCC2)C1)OCc1ccccc1. The van der Waals surface area contributed by atoms with Gasteiger partial charge in [-0.2, -0.15) is 0 Å². The van der Waals surface area contributed by atoms with Gasteiger partial charge in [-0.15, -0.1) is 0 Å². The number of carbonyl (C=O) groups is 2. The van der Waals surface area contributed by atoms with E-state index >= 15 is 0 Å². The minimum atomic E-state index is -0.976. The Kier molecular flexibility index (Phi) is 4.05. The third-order valence-corrected chi connectivity index (χ3v) is 5.03. The van der Waals surface area contributed by atoms with Crippen molar-refractivity contribution >= 4 is 12.1 Å². The van der Waals surface area contributed by atoms with Gasteiger partial charge in [-0.05, 0) is 42.6 Å². The topological polar surface area (TPSA) is 75.6 Å². The smallest absolute Gasteiger partial charge is 0.408 e. The molecule has 1 spiro atoms. The van der Waals surface area contributed by atoms with Crippen molar-refractivity contribution < 1.29 is 19.4 Å². The molecule has 0 aliphatic heterocycles. The zero-order valence-corrected chi connectivity index (χ0v) is 12.5. The average molecular weight is 303 g/mol. The summed E-state index contributed by atoms with van der Waals surface area (Å²) in [6, 6.07) is 8.49. The number of carboxylic acid groups (broad SMARTS) is 1. The van der Waals surface area contributed by atoms with Crippen LogP contribution in [0.5, 0.6) is 0 Å². The first kappa shape index (κ1) is 14.9. The van der Waals surface area contributed by atoms with Gasteiger partial charge in [-0.3, -0.25) is 0 Å². The summed E-state index contributed by atoms with van der Waals surface area (Å²) >= 11 is 0. The molecule has 1 atom stereocenters. The number of carboxylic acids is 1. The fraction of sp³-hybridized carbons (Fsp3) is 0.529. The maximum Gasteiger partial charge on any atom is 0.408 e. The molecular formula is C17H21NO4. The number of alkyl carbamates (subject to hydrolysis) is 1. The predicted molar refractivity (Wildman–Crippen MR) is 80.2 cm³/mol. The molecule has 1 aromatic carbocycles. The van der Waals surface area contributed by atoms with E-state index in [-0.39, 0.29) is 12.5 Å². The van der Waals surface area contributed by atoms with Crippen LogP contribution >= 0.6 is 0 Å². The summed E-state index contributed by atoms with van der Waals surface area (Å²) in [6.07, 6.45) is 4.80. The molecule has 0 saturated heterocycles. The molecule has 0 unspecified atom stereocenters. The van der Waals surface area contributed by atoms with Crippen molar-refractivity contribution in [2.75, 3.05) is 0 Å². The van der Waals surface area contributed by atoms with Crippen LogP contribution in [0.15, 0.2) is 30.3 Å². The first-order valence-corrected chi connectivity index (χ1v) is 7.78. The lowest BCUT2D eigenvalue weighted by Gasteiger charge is -2.55. The van der Waals surface area contributed by atoms with Crippen molar-refractivity contribution in [2.24, 2.45) is 11.3 Å². The molecule has 5 heteroatoms. The van der Waals surface area contributed by atoms with E-state index in [1.165, 1.54) is 19.3 Å². The second-order valence-electron chi connectivity index (χ2n) is 6.54. The number of carbonyl (C=O) groups excluding carboxylic acids is 1. The van der Waals surface area contributed by atoms with Gasteiger partial charge >= 0.3 is 12.1 Å². The highest BCUT2D eigenvalue weighted by Gasteiger charge is 2.52. The van der Waals surface area contributed by atoms with Crippen LogP contribution in [-0.4, -0.2) is 23.2 Å².